The lowest BCUT2D eigenvalue weighted by Gasteiger charge is -2.12. The Bertz CT molecular complexity index is 460. The monoisotopic (exact) mass is 335 g/mol. The van der Waals surface area contributed by atoms with Crippen molar-refractivity contribution in [2.24, 2.45) is 0 Å². The second-order valence-electron chi connectivity index (χ2n) is 5.16. The molecule has 7 nitrogen and oxygen atoms in total. The SMILES string of the molecule is C=CCCCCCCCCC(=O)NC(CS(=O)(=O)O)C(=O)O. The van der Waals surface area contributed by atoms with Gasteiger partial charge < -0.3 is 10.4 Å². The molecule has 22 heavy (non-hydrogen) atoms. The van der Waals surface area contributed by atoms with Gasteiger partial charge in [0.2, 0.25) is 5.91 Å². The number of hydrogen-bond acceptors (Lipinski definition) is 4. The van der Waals surface area contributed by atoms with Crippen molar-refractivity contribution in [2.75, 3.05) is 5.75 Å². The molecule has 0 rings (SSSR count). The van der Waals surface area contributed by atoms with Gasteiger partial charge in [0.25, 0.3) is 10.1 Å². The fourth-order valence-corrected chi connectivity index (χ4v) is 2.58. The molecular formula is C14H25NO6S. The summed E-state index contributed by atoms with van der Waals surface area (Å²) in [7, 11) is -4.46. The average molecular weight is 335 g/mol. The highest BCUT2D eigenvalue weighted by molar-refractivity contribution is 7.85. The average Bonchev–Trinajstić information content (AvgIpc) is 2.39. The van der Waals surface area contributed by atoms with E-state index < -0.39 is 33.8 Å². The van der Waals surface area contributed by atoms with Crippen LogP contribution < -0.4 is 5.32 Å². The number of aliphatic carboxylic acids is 1. The van der Waals surface area contributed by atoms with E-state index in [1.165, 1.54) is 0 Å². The minimum atomic E-state index is -4.46. The van der Waals surface area contributed by atoms with Crippen molar-refractivity contribution in [2.45, 2.75) is 57.4 Å². The van der Waals surface area contributed by atoms with Crippen LogP contribution in [0, 0.1) is 0 Å². The molecule has 1 unspecified atom stereocenters. The molecule has 0 saturated heterocycles. The fraction of sp³-hybridized carbons (Fsp3) is 0.714. The van der Waals surface area contributed by atoms with Crippen LogP contribution in [0.1, 0.15) is 51.4 Å². The first-order valence-electron chi connectivity index (χ1n) is 7.34. The van der Waals surface area contributed by atoms with Crippen LogP contribution in [0.3, 0.4) is 0 Å². The van der Waals surface area contributed by atoms with Crippen molar-refractivity contribution in [3.8, 4) is 0 Å². The molecule has 0 spiro atoms. The van der Waals surface area contributed by atoms with E-state index in [4.69, 9.17) is 9.66 Å². The molecule has 0 aromatic rings. The topological polar surface area (TPSA) is 121 Å². The predicted molar refractivity (Wildman–Crippen MR) is 83.1 cm³/mol. The summed E-state index contributed by atoms with van der Waals surface area (Å²) in [5.41, 5.74) is 0. The molecule has 0 aliphatic carbocycles. The largest absolute Gasteiger partial charge is 0.480 e. The summed E-state index contributed by atoms with van der Waals surface area (Å²) in [6.45, 7) is 3.65. The summed E-state index contributed by atoms with van der Waals surface area (Å²) in [5, 5.41) is 10.9. The third-order valence-electron chi connectivity index (χ3n) is 3.07. The maximum absolute atomic E-state index is 11.6. The van der Waals surface area contributed by atoms with Gasteiger partial charge >= 0.3 is 5.97 Å². The molecule has 0 aromatic carbocycles. The Balaban J connectivity index is 3.87. The summed E-state index contributed by atoms with van der Waals surface area (Å²) in [5.74, 6) is -3.05. The Morgan fingerprint density at radius 3 is 2.14 bits per heavy atom. The molecule has 0 aliphatic rings. The van der Waals surface area contributed by atoms with E-state index in [1.54, 1.807) is 0 Å². The Kier molecular flexibility index (Phi) is 10.5. The first-order valence-corrected chi connectivity index (χ1v) is 8.95. The van der Waals surface area contributed by atoms with Gasteiger partial charge in [-0.15, -0.1) is 6.58 Å². The van der Waals surface area contributed by atoms with E-state index in [0.29, 0.717) is 6.42 Å². The van der Waals surface area contributed by atoms with Crippen LogP contribution in [0.4, 0.5) is 0 Å². The van der Waals surface area contributed by atoms with Crippen LogP contribution in [0.15, 0.2) is 12.7 Å². The Labute approximate surface area is 131 Å². The molecule has 3 N–H and O–H groups in total. The third-order valence-corrected chi connectivity index (χ3v) is 3.83. The Hall–Kier alpha value is -1.41. The molecule has 0 aliphatic heterocycles. The molecule has 8 heteroatoms. The van der Waals surface area contributed by atoms with E-state index >= 15 is 0 Å². The van der Waals surface area contributed by atoms with E-state index in [9.17, 15) is 18.0 Å². The molecule has 0 saturated carbocycles. The van der Waals surface area contributed by atoms with Gasteiger partial charge in [-0.2, -0.15) is 8.42 Å². The smallest absolute Gasteiger partial charge is 0.327 e. The number of carbonyl (C=O) groups is 2. The van der Waals surface area contributed by atoms with Crippen LogP contribution in [-0.4, -0.2) is 41.7 Å². The molecule has 0 fully saturated rings. The zero-order valence-corrected chi connectivity index (χ0v) is 13.5. The molecule has 0 aromatic heterocycles. The molecule has 1 amide bonds. The minimum absolute atomic E-state index is 0.141. The van der Waals surface area contributed by atoms with Crippen LogP contribution in [0.5, 0.6) is 0 Å². The van der Waals surface area contributed by atoms with Crippen molar-refractivity contribution in [1.29, 1.82) is 0 Å². The Morgan fingerprint density at radius 1 is 1.09 bits per heavy atom. The van der Waals surface area contributed by atoms with Crippen molar-refractivity contribution in [3.05, 3.63) is 12.7 Å². The lowest BCUT2D eigenvalue weighted by Crippen LogP contribution is -2.45. The second-order valence-corrected chi connectivity index (χ2v) is 6.65. The molecule has 1 atom stereocenters. The number of carboxylic acids is 1. The zero-order valence-electron chi connectivity index (χ0n) is 12.7. The third kappa shape index (κ3) is 12.3. The first-order chi connectivity index (χ1) is 10.3. The fourth-order valence-electron chi connectivity index (χ4n) is 1.93. The summed E-state index contributed by atoms with van der Waals surface area (Å²) in [4.78, 5) is 22.4. The molecule has 0 bridgehead atoms. The van der Waals surface area contributed by atoms with E-state index in [-0.39, 0.29) is 6.42 Å². The van der Waals surface area contributed by atoms with Crippen molar-refractivity contribution in [3.63, 3.8) is 0 Å². The van der Waals surface area contributed by atoms with Gasteiger partial charge in [0.1, 0.15) is 11.8 Å². The van der Waals surface area contributed by atoms with Gasteiger partial charge in [-0.25, -0.2) is 4.79 Å². The number of carboxylic acid groups (broad SMARTS) is 1. The maximum Gasteiger partial charge on any atom is 0.327 e. The van der Waals surface area contributed by atoms with Crippen LogP contribution in [0.25, 0.3) is 0 Å². The number of rotatable bonds is 13. The Morgan fingerprint density at radius 2 is 1.64 bits per heavy atom. The standard InChI is InChI=1S/C14H25NO6S/c1-2-3-4-5-6-7-8-9-10-13(16)15-12(14(17)18)11-22(19,20)21/h2,12H,1,3-11H2,(H,15,16)(H,17,18)(H,19,20,21). The predicted octanol–water partition coefficient (Wildman–Crippen LogP) is 1.75. The molecular weight excluding hydrogens is 310 g/mol. The van der Waals surface area contributed by atoms with E-state index in [0.717, 1.165) is 38.5 Å². The number of hydrogen-bond donors (Lipinski definition) is 3. The van der Waals surface area contributed by atoms with Gasteiger partial charge in [-0.1, -0.05) is 31.8 Å². The van der Waals surface area contributed by atoms with Crippen LogP contribution in [-0.2, 0) is 19.7 Å². The highest BCUT2D eigenvalue weighted by atomic mass is 32.2. The highest BCUT2D eigenvalue weighted by Gasteiger charge is 2.25. The second kappa shape index (κ2) is 11.2. The molecule has 128 valence electrons. The van der Waals surface area contributed by atoms with Gasteiger partial charge in [-0.3, -0.25) is 9.35 Å². The van der Waals surface area contributed by atoms with Gasteiger partial charge in [0, 0.05) is 6.42 Å². The van der Waals surface area contributed by atoms with E-state index in [1.807, 2.05) is 6.08 Å². The van der Waals surface area contributed by atoms with Gasteiger partial charge in [0.15, 0.2) is 0 Å². The summed E-state index contributed by atoms with van der Waals surface area (Å²) in [6.07, 6.45) is 8.81. The number of amides is 1. The summed E-state index contributed by atoms with van der Waals surface area (Å²) < 4.78 is 30.0. The summed E-state index contributed by atoms with van der Waals surface area (Å²) in [6, 6.07) is -1.62. The summed E-state index contributed by atoms with van der Waals surface area (Å²) >= 11 is 0. The van der Waals surface area contributed by atoms with Crippen LogP contribution in [0.2, 0.25) is 0 Å². The van der Waals surface area contributed by atoms with Crippen molar-refractivity contribution in [1.82, 2.24) is 5.32 Å². The zero-order chi connectivity index (χ0) is 17.0. The van der Waals surface area contributed by atoms with Crippen molar-refractivity contribution < 1.29 is 27.7 Å². The first kappa shape index (κ1) is 20.6. The van der Waals surface area contributed by atoms with E-state index in [2.05, 4.69) is 11.9 Å². The number of carbonyl (C=O) groups excluding carboxylic acids is 1. The lowest BCUT2D eigenvalue weighted by molar-refractivity contribution is -0.141. The lowest BCUT2D eigenvalue weighted by atomic mass is 10.1. The number of allylic oxidation sites excluding steroid dienone is 1. The number of nitrogens with one attached hydrogen (secondary N) is 1. The van der Waals surface area contributed by atoms with Gasteiger partial charge in [0.05, 0.1) is 0 Å². The normalized spacial score (nSPS) is 12.6. The highest BCUT2D eigenvalue weighted by Crippen LogP contribution is 2.08. The maximum atomic E-state index is 11.6. The quantitative estimate of drug-likeness (QED) is 0.268. The minimum Gasteiger partial charge on any atom is -0.480 e. The van der Waals surface area contributed by atoms with Crippen LogP contribution >= 0.6 is 0 Å². The number of unbranched alkanes of at least 4 members (excludes halogenated alkanes) is 6. The molecule has 0 heterocycles. The molecule has 0 radical (unpaired) electrons. The van der Waals surface area contributed by atoms with Gasteiger partial charge in [-0.05, 0) is 19.3 Å². The van der Waals surface area contributed by atoms with Crippen molar-refractivity contribution >= 4 is 22.0 Å².